The minimum absolute atomic E-state index is 0.254. The van der Waals surface area contributed by atoms with Crippen molar-refractivity contribution in [3.8, 4) is 0 Å². The molecular weight excluding hydrogens is 336 g/mol. The lowest BCUT2D eigenvalue weighted by molar-refractivity contribution is 0.0926. The molecule has 1 amide bonds. The molecule has 0 fully saturated rings. The molecule has 0 bridgehead atoms. The second kappa shape index (κ2) is 5.99. The van der Waals surface area contributed by atoms with E-state index < -0.39 is 5.54 Å². The highest BCUT2D eigenvalue weighted by molar-refractivity contribution is 9.10. The van der Waals surface area contributed by atoms with E-state index >= 15 is 0 Å². The topological polar surface area (TPSA) is 55.1 Å². The van der Waals surface area contributed by atoms with E-state index in [0.29, 0.717) is 17.0 Å². The Bertz CT molecular complexity index is 495. The molecule has 0 heterocycles. The van der Waals surface area contributed by atoms with Crippen LogP contribution in [0.25, 0.3) is 0 Å². The smallest absolute Gasteiger partial charge is 0.253 e. The van der Waals surface area contributed by atoms with Crippen molar-refractivity contribution in [1.82, 2.24) is 5.32 Å². The zero-order chi connectivity index (χ0) is 13.9. The van der Waals surface area contributed by atoms with Crippen molar-refractivity contribution >= 4 is 50.6 Å². The van der Waals surface area contributed by atoms with E-state index in [2.05, 4.69) is 21.2 Å². The van der Waals surface area contributed by atoms with Gasteiger partial charge in [-0.2, -0.15) is 0 Å². The minimum atomic E-state index is -0.710. The SMILES string of the molecule is CCC(C)(NC(=O)c1cc(Br)ccc1Cl)C(N)=S. The Morgan fingerprint density at radius 3 is 2.72 bits per heavy atom. The highest BCUT2D eigenvalue weighted by Gasteiger charge is 2.28. The number of nitrogens with two attached hydrogens (primary N) is 1. The second-order valence-electron chi connectivity index (χ2n) is 4.13. The summed E-state index contributed by atoms with van der Waals surface area (Å²) >= 11 is 14.3. The standard InChI is InChI=1S/C12H14BrClN2OS/c1-3-12(2,11(15)18)16-10(17)8-6-7(13)4-5-9(8)14/h4-6H,3H2,1-2H3,(H2,15,18)(H,16,17). The van der Waals surface area contributed by atoms with Gasteiger partial charge in [-0.3, -0.25) is 4.79 Å². The predicted molar refractivity (Wildman–Crippen MR) is 82.1 cm³/mol. The summed E-state index contributed by atoms with van der Waals surface area (Å²) in [5.74, 6) is -0.293. The fourth-order valence-electron chi connectivity index (χ4n) is 1.31. The van der Waals surface area contributed by atoms with Crippen molar-refractivity contribution in [1.29, 1.82) is 0 Å². The second-order valence-corrected chi connectivity index (χ2v) is 5.89. The molecule has 0 radical (unpaired) electrons. The summed E-state index contributed by atoms with van der Waals surface area (Å²) in [5, 5.41) is 3.20. The van der Waals surface area contributed by atoms with Crippen LogP contribution in [-0.2, 0) is 0 Å². The molecule has 1 aromatic carbocycles. The fraction of sp³-hybridized carbons (Fsp3) is 0.333. The van der Waals surface area contributed by atoms with Gasteiger partial charge in [-0.15, -0.1) is 0 Å². The summed E-state index contributed by atoms with van der Waals surface area (Å²) in [6.07, 6.45) is 0.611. The van der Waals surface area contributed by atoms with Crippen LogP contribution in [0, 0.1) is 0 Å². The molecule has 3 nitrogen and oxygen atoms in total. The van der Waals surface area contributed by atoms with Gasteiger partial charge in [-0.25, -0.2) is 0 Å². The van der Waals surface area contributed by atoms with Gasteiger partial charge in [0, 0.05) is 4.47 Å². The van der Waals surface area contributed by atoms with Gasteiger partial charge in [0.25, 0.3) is 5.91 Å². The zero-order valence-corrected chi connectivity index (χ0v) is 13.2. The number of rotatable bonds is 4. The molecule has 0 aliphatic rings. The quantitative estimate of drug-likeness (QED) is 0.820. The fourth-order valence-corrected chi connectivity index (χ4v) is 2.07. The third-order valence-electron chi connectivity index (χ3n) is 2.81. The molecule has 1 unspecified atom stereocenters. The van der Waals surface area contributed by atoms with Crippen molar-refractivity contribution < 1.29 is 4.79 Å². The van der Waals surface area contributed by atoms with Gasteiger partial charge in [0.2, 0.25) is 0 Å². The normalized spacial score (nSPS) is 13.8. The summed E-state index contributed by atoms with van der Waals surface area (Å²) in [6, 6.07) is 5.09. The first-order valence-corrected chi connectivity index (χ1v) is 6.95. The number of hydrogen-bond donors (Lipinski definition) is 2. The van der Waals surface area contributed by atoms with Crippen LogP contribution in [0.4, 0.5) is 0 Å². The van der Waals surface area contributed by atoms with Crippen LogP contribution in [-0.4, -0.2) is 16.4 Å². The first-order valence-electron chi connectivity index (χ1n) is 5.37. The van der Waals surface area contributed by atoms with Gasteiger partial charge < -0.3 is 11.1 Å². The summed E-state index contributed by atoms with van der Waals surface area (Å²) in [6.45, 7) is 3.70. The van der Waals surface area contributed by atoms with Crippen LogP contribution in [0.3, 0.4) is 0 Å². The molecule has 0 spiro atoms. The lowest BCUT2D eigenvalue weighted by Crippen LogP contribution is -2.54. The molecule has 6 heteroatoms. The molecule has 0 aliphatic heterocycles. The lowest BCUT2D eigenvalue weighted by Gasteiger charge is -2.28. The summed E-state index contributed by atoms with van der Waals surface area (Å²) < 4.78 is 0.783. The zero-order valence-electron chi connectivity index (χ0n) is 10.1. The maximum atomic E-state index is 12.2. The van der Waals surface area contributed by atoms with E-state index in [1.807, 2.05) is 6.92 Å². The number of nitrogens with one attached hydrogen (secondary N) is 1. The van der Waals surface area contributed by atoms with E-state index in [0.717, 1.165) is 4.47 Å². The summed E-state index contributed by atoms with van der Waals surface area (Å²) in [7, 11) is 0. The number of benzene rings is 1. The number of halogens is 2. The summed E-state index contributed by atoms with van der Waals surface area (Å²) in [5.41, 5.74) is 5.33. The molecular formula is C12H14BrClN2OS. The maximum absolute atomic E-state index is 12.2. The first kappa shape index (κ1) is 15.4. The summed E-state index contributed by atoms with van der Waals surface area (Å²) in [4.78, 5) is 12.4. The Hall–Kier alpha value is -0.650. The third-order valence-corrected chi connectivity index (χ3v) is 4.09. The molecule has 1 rings (SSSR count). The van der Waals surface area contributed by atoms with E-state index in [1.165, 1.54) is 0 Å². The van der Waals surface area contributed by atoms with Crippen LogP contribution in [0.15, 0.2) is 22.7 Å². The Morgan fingerprint density at radius 1 is 1.61 bits per heavy atom. The van der Waals surface area contributed by atoms with Crippen molar-refractivity contribution in [2.45, 2.75) is 25.8 Å². The number of amides is 1. The van der Waals surface area contributed by atoms with Crippen LogP contribution in [0.5, 0.6) is 0 Å². The third kappa shape index (κ3) is 3.43. The number of carbonyl (C=O) groups is 1. The van der Waals surface area contributed by atoms with Crippen LogP contribution < -0.4 is 11.1 Å². The Kier molecular flexibility index (Phi) is 5.13. The van der Waals surface area contributed by atoms with Gasteiger partial charge in [0.1, 0.15) is 0 Å². The Morgan fingerprint density at radius 2 is 2.22 bits per heavy atom. The number of hydrogen-bond acceptors (Lipinski definition) is 2. The molecule has 98 valence electrons. The van der Waals surface area contributed by atoms with Crippen LogP contribution >= 0.6 is 39.7 Å². The average Bonchev–Trinajstić information content (AvgIpc) is 2.31. The predicted octanol–water partition coefficient (Wildman–Crippen LogP) is 3.29. The van der Waals surface area contributed by atoms with Crippen molar-refractivity contribution in [3.63, 3.8) is 0 Å². The molecule has 0 saturated carbocycles. The van der Waals surface area contributed by atoms with Crippen molar-refractivity contribution in [2.24, 2.45) is 5.73 Å². The molecule has 0 aromatic heterocycles. The maximum Gasteiger partial charge on any atom is 0.253 e. The number of carbonyl (C=O) groups excluding carboxylic acids is 1. The van der Waals surface area contributed by atoms with Gasteiger partial charge in [0.05, 0.1) is 21.1 Å². The van der Waals surface area contributed by atoms with Gasteiger partial charge >= 0.3 is 0 Å². The molecule has 1 atom stereocenters. The lowest BCUT2D eigenvalue weighted by atomic mass is 9.98. The molecule has 0 saturated heterocycles. The highest BCUT2D eigenvalue weighted by atomic mass is 79.9. The monoisotopic (exact) mass is 348 g/mol. The molecule has 1 aromatic rings. The van der Waals surface area contributed by atoms with Crippen LogP contribution in [0.1, 0.15) is 30.6 Å². The minimum Gasteiger partial charge on any atom is -0.391 e. The van der Waals surface area contributed by atoms with Crippen molar-refractivity contribution in [3.05, 3.63) is 33.3 Å². The van der Waals surface area contributed by atoms with Gasteiger partial charge in [-0.1, -0.05) is 46.7 Å². The van der Waals surface area contributed by atoms with Crippen LogP contribution in [0.2, 0.25) is 5.02 Å². The highest BCUT2D eigenvalue weighted by Crippen LogP contribution is 2.22. The van der Waals surface area contributed by atoms with E-state index in [-0.39, 0.29) is 10.9 Å². The largest absolute Gasteiger partial charge is 0.391 e. The van der Waals surface area contributed by atoms with Gasteiger partial charge in [0.15, 0.2) is 0 Å². The van der Waals surface area contributed by atoms with Gasteiger partial charge in [-0.05, 0) is 31.5 Å². The van der Waals surface area contributed by atoms with Crippen molar-refractivity contribution in [2.75, 3.05) is 0 Å². The Balaban J connectivity index is 3.02. The molecule has 0 aliphatic carbocycles. The number of thiocarbonyl (C=S) groups is 1. The first-order chi connectivity index (χ1) is 8.30. The Labute approximate surface area is 125 Å². The van der Waals surface area contributed by atoms with E-state index in [1.54, 1.807) is 25.1 Å². The average molecular weight is 350 g/mol. The molecule has 3 N–H and O–H groups in total. The van der Waals surface area contributed by atoms with E-state index in [4.69, 9.17) is 29.6 Å². The van der Waals surface area contributed by atoms with E-state index in [9.17, 15) is 4.79 Å². The molecule has 18 heavy (non-hydrogen) atoms.